The van der Waals surface area contributed by atoms with Gasteiger partial charge in [0.05, 0.1) is 35.9 Å². The van der Waals surface area contributed by atoms with Crippen LogP contribution in [0.25, 0.3) is 22.0 Å². The van der Waals surface area contributed by atoms with E-state index in [1.807, 2.05) is 60.1 Å². The number of pyridine rings is 1. The Hall–Kier alpha value is -3.58. The van der Waals surface area contributed by atoms with Gasteiger partial charge in [-0.3, -0.25) is 4.79 Å². The molecular formula is C28H24Cl2N4O2. The van der Waals surface area contributed by atoms with Gasteiger partial charge in [-0.1, -0.05) is 47.5 Å². The van der Waals surface area contributed by atoms with E-state index in [-0.39, 0.29) is 5.56 Å². The topological polar surface area (TPSA) is 75.1 Å². The van der Waals surface area contributed by atoms with Crippen molar-refractivity contribution in [3.63, 3.8) is 0 Å². The fourth-order valence-corrected chi connectivity index (χ4v) is 5.16. The van der Waals surface area contributed by atoms with Crippen molar-refractivity contribution in [2.75, 3.05) is 7.11 Å². The second kappa shape index (κ2) is 9.13. The molecular weight excluding hydrogens is 495 g/mol. The van der Waals surface area contributed by atoms with E-state index in [2.05, 4.69) is 4.98 Å². The fourth-order valence-electron chi connectivity index (χ4n) is 4.71. The lowest BCUT2D eigenvalue weighted by molar-refractivity contribution is 0.414. The zero-order chi connectivity index (χ0) is 25.6. The Morgan fingerprint density at radius 1 is 0.972 bits per heavy atom. The number of imidazole rings is 1. The molecule has 6 nitrogen and oxygen atoms in total. The summed E-state index contributed by atoms with van der Waals surface area (Å²) in [4.78, 5) is 17.1. The van der Waals surface area contributed by atoms with Gasteiger partial charge in [0.15, 0.2) is 0 Å². The summed E-state index contributed by atoms with van der Waals surface area (Å²) in [6.45, 7) is 0. The maximum atomic E-state index is 12.8. The van der Waals surface area contributed by atoms with E-state index in [0.717, 1.165) is 38.9 Å². The van der Waals surface area contributed by atoms with Crippen molar-refractivity contribution in [3.8, 4) is 16.9 Å². The first-order chi connectivity index (χ1) is 17.2. The number of nitrogens with zero attached hydrogens (tertiary/aromatic N) is 3. The van der Waals surface area contributed by atoms with Gasteiger partial charge in [-0.15, -0.1) is 0 Å². The highest BCUT2D eigenvalue weighted by Gasteiger charge is 2.35. The van der Waals surface area contributed by atoms with E-state index in [1.165, 1.54) is 0 Å². The minimum Gasteiger partial charge on any atom is -0.495 e. The number of rotatable bonds is 5. The summed E-state index contributed by atoms with van der Waals surface area (Å²) in [5.41, 5.74) is 10.8. The van der Waals surface area contributed by atoms with Crippen molar-refractivity contribution in [2.24, 2.45) is 19.8 Å². The number of aryl methyl sites for hydroxylation is 2. The zero-order valence-electron chi connectivity index (χ0n) is 20.0. The maximum absolute atomic E-state index is 12.8. The molecule has 3 aromatic carbocycles. The largest absolute Gasteiger partial charge is 0.495 e. The molecule has 0 aliphatic heterocycles. The Labute approximate surface area is 218 Å². The number of methoxy groups -OCH3 is 1. The van der Waals surface area contributed by atoms with Crippen molar-refractivity contribution < 1.29 is 4.74 Å². The highest BCUT2D eigenvalue weighted by atomic mass is 35.5. The van der Waals surface area contributed by atoms with Crippen molar-refractivity contribution in [2.45, 2.75) is 5.54 Å². The Morgan fingerprint density at radius 2 is 1.72 bits per heavy atom. The number of nitrogens with two attached hydrogens (primary N) is 1. The van der Waals surface area contributed by atoms with Gasteiger partial charge in [-0.05, 0) is 58.7 Å². The van der Waals surface area contributed by atoms with E-state index in [0.29, 0.717) is 15.8 Å². The van der Waals surface area contributed by atoms with Gasteiger partial charge in [0.25, 0.3) is 5.56 Å². The van der Waals surface area contributed by atoms with E-state index in [9.17, 15) is 4.79 Å². The monoisotopic (exact) mass is 518 g/mol. The third-order valence-electron chi connectivity index (χ3n) is 6.67. The highest BCUT2D eigenvalue weighted by Crippen LogP contribution is 2.39. The average molecular weight is 519 g/mol. The van der Waals surface area contributed by atoms with Crippen molar-refractivity contribution in [1.82, 2.24) is 14.1 Å². The standard InChI is InChI=1S/C28H24Cl2N4O2/c1-33-16-32-15-26(33)28(31,19-8-10-25(36-3)23(30)13-19)18-7-9-24-22(12-18)21(14-27(35)34(24)2)17-5-4-6-20(29)11-17/h4-16H,31H2,1-3H3. The van der Waals surface area contributed by atoms with Crippen LogP contribution in [-0.4, -0.2) is 21.2 Å². The van der Waals surface area contributed by atoms with Crippen molar-refractivity contribution in [3.05, 3.63) is 116 Å². The first-order valence-electron chi connectivity index (χ1n) is 11.2. The normalized spacial score (nSPS) is 13.1. The van der Waals surface area contributed by atoms with Crippen LogP contribution in [0.4, 0.5) is 0 Å². The summed E-state index contributed by atoms with van der Waals surface area (Å²) in [5, 5.41) is 1.91. The minimum atomic E-state index is -1.10. The summed E-state index contributed by atoms with van der Waals surface area (Å²) >= 11 is 12.8. The third-order valence-corrected chi connectivity index (χ3v) is 7.20. The van der Waals surface area contributed by atoms with Crippen molar-refractivity contribution >= 4 is 34.1 Å². The Kier molecular flexibility index (Phi) is 6.12. The molecule has 0 saturated carbocycles. The molecule has 1 atom stereocenters. The molecule has 0 spiro atoms. The SMILES string of the molecule is COc1ccc(C(N)(c2ccc3c(c2)c(-c2cccc(Cl)c2)cc(=O)n3C)c2cncn2C)cc1Cl. The lowest BCUT2D eigenvalue weighted by atomic mass is 9.80. The van der Waals surface area contributed by atoms with Crippen LogP contribution in [0.15, 0.2) is 84.0 Å². The quantitative estimate of drug-likeness (QED) is 0.333. The maximum Gasteiger partial charge on any atom is 0.251 e. The predicted molar refractivity (Wildman–Crippen MR) is 145 cm³/mol. The van der Waals surface area contributed by atoms with E-state index >= 15 is 0 Å². The molecule has 1 unspecified atom stereocenters. The number of hydrogen-bond acceptors (Lipinski definition) is 4. The van der Waals surface area contributed by atoms with Gasteiger partial charge < -0.3 is 19.6 Å². The molecule has 0 radical (unpaired) electrons. The molecule has 0 aliphatic rings. The molecule has 5 rings (SSSR count). The molecule has 36 heavy (non-hydrogen) atoms. The highest BCUT2D eigenvalue weighted by molar-refractivity contribution is 6.32. The van der Waals surface area contributed by atoms with Crippen LogP contribution in [0, 0.1) is 0 Å². The molecule has 0 bridgehead atoms. The van der Waals surface area contributed by atoms with Gasteiger partial charge in [-0.2, -0.15) is 0 Å². The summed E-state index contributed by atoms with van der Waals surface area (Å²) in [5.74, 6) is 0.560. The predicted octanol–water partition coefficient (Wildman–Crippen LogP) is 5.51. The van der Waals surface area contributed by atoms with Crippen LogP contribution in [0.1, 0.15) is 16.8 Å². The second-order valence-corrected chi connectivity index (χ2v) is 9.59. The third kappa shape index (κ3) is 3.88. The number of hydrogen-bond donors (Lipinski definition) is 1. The average Bonchev–Trinajstić information content (AvgIpc) is 3.31. The Bertz CT molecular complexity index is 1670. The summed E-state index contributed by atoms with van der Waals surface area (Å²) in [6, 6.07) is 20.5. The molecule has 8 heteroatoms. The Morgan fingerprint density at radius 3 is 2.39 bits per heavy atom. The van der Waals surface area contributed by atoms with Crippen LogP contribution in [0.2, 0.25) is 10.0 Å². The first-order valence-corrected chi connectivity index (χ1v) is 12.0. The summed E-state index contributed by atoms with van der Waals surface area (Å²) < 4.78 is 8.87. The Balaban J connectivity index is 1.84. The molecule has 2 aromatic heterocycles. The van der Waals surface area contributed by atoms with Gasteiger partial charge in [0, 0.05) is 30.6 Å². The van der Waals surface area contributed by atoms with Gasteiger partial charge in [0.2, 0.25) is 0 Å². The molecule has 0 fully saturated rings. The molecule has 2 heterocycles. The molecule has 5 aromatic rings. The van der Waals surface area contributed by atoms with E-state index < -0.39 is 5.54 Å². The molecule has 0 aliphatic carbocycles. The van der Waals surface area contributed by atoms with E-state index in [1.54, 1.807) is 49.4 Å². The molecule has 2 N–H and O–H groups in total. The number of fused-ring (bicyclic) bond motifs is 1. The van der Waals surface area contributed by atoms with Crippen LogP contribution in [-0.2, 0) is 19.6 Å². The van der Waals surface area contributed by atoms with Crippen molar-refractivity contribution in [1.29, 1.82) is 0 Å². The first kappa shape index (κ1) is 24.1. The van der Waals surface area contributed by atoms with Gasteiger partial charge >= 0.3 is 0 Å². The second-order valence-electron chi connectivity index (χ2n) is 8.74. The van der Waals surface area contributed by atoms with E-state index in [4.69, 9.17) is 33.7 Å². The van der Waals surface area contributed by atoms with Crippen LogP contribution in [0.3, 0.4) is 0 Å². The number of aromatic nitrogens is 3. The van der Waals surface area contributed by atoms with Gasteiger partial charge in [-0.25, -0.2) is 4.98 Å². The number of ether oxygens (including phenoxy) is 1. The van der Waals surface area contributed by atoms with Crippen LogP contribution < -0.4 is 16.0 Å². The smallest absolute Gasteiger partial charge is 0.251 e. The van der Waals surface area contributed by atoms with Crippen LogP contribution in [0.5, 0.6) is 5.75 Å². The number of benzene rings is 3. The van der Waals surface area contributed by atoms with Crippen LogP contribution >= 0.6 is 23.2 Å². The molecule has 182 valence electrons. The number of halogens is 2. The van der Waals surface area contributed by atoms with Gasteiger partial charge in [0.1, 0.15) is 11.3 Å². The molecule has 0 amide bonds. The molecule has 0 saturated heterocycles. The summed E-state index contributed by atoms with van der Waals surface area (Å²) in [6.07, 6.45) is 3.46. The zero-order valence-corrected chi connectivity index (χ0v) is 21.5. The lowest BCUT2D eigenvalue weighted by Crippen LogP contribution is -2.41. The fraction of sp³-hybridized carbons (Fsp3) is 0.143. The summed E-state index contributed by atoms with van der Waals surface area (Å²) in [7, 11) is 5.23. The minimum absolute atomic E-state index is 0.113. The lowest BCUT2D eigenvalue weighted by Gasteiger charge is -2.32.